The molecule has 0 saturated heterocycles. The molecule has 82 valence electrons. The van der Waals surface area contributed by atoms with Gasteiger partial charge in [-0.25, -0.2) is 4.39 Å². The molecule has 1 aromatic carbocycles. The van der Waals surface area contributed by atoms with Crippen molar-refractivity contribution in [1.82, 2.24) is 5.32 Å². The zero-order valence-electron chi connectivity index (χ0n) is 8.75. The van der Waals surface area contributed by atoms with E-state index < -0.39 is 11.5 Å². The van der Waals surface area contributed by atoms with E-state index in [9.17, 15) is 14.3 Å². The smallest absolute Gasteiger partial charge is 0.251 e. The number of hydrogen-bond donors (Lipinski definition) is 2. The Balaban J connectivity index is 2.55. The van der Waals surface area contributed by atoms with Gasteiger partial charge in [0.05, 0.1) is 0 Å². The highest BCUT2D eigenvalue weighted by Gasteiger charge is 2.22. The molecule has 2 N–H and O–H groups in total. The van der Waals surface area contributed by atoms with Gasteiger partial charge in [-0.2, -0.15) is 0 Å². The van der Waals surface area contributed by atoms with Gasteiger partial charge in [0.25, 0.3) is 5.91 Å². The summed E-state index contributed by atoms with van der Waals surface area (Å²) < 4.78 is 12.8. The molecule has 0 atom stereocenters. The van der Waals surface area contributed by atoms with Crippen LogP contribution in [-0.2, 0) is 11.3 Å². The minimum atomic E-state index is -1.41. The van der Waals surface area contributed by atoms with Gasteiger partial charge in [0.15, 0.2) is 0 Å². The first-order valence-corrected chi connectivity index (χ1v) is 4.65. The van der Waals surface area contributed by atoms with Crippen molar-refractivity contribution >= 4 is 5.91 Å². The Morgan fingerprint density at radius 3 is 2.73 bits per heavy atom. The fraction of sp³-hybridized carbons (Fsp3) is 0.364. The summed E-state index contributed by atoms with van der Waals surface area (Å²) in [7, 11) is 0. The Labute approximate surface area is 87.9 Å². The fourth-order valence-corrected chi connectivity index (χ4v) is 1.05. The Kier molecular flexibility index (Phi) is 3.42. The first-order chi connectivity index (χ1) is 6.89. The van der Waals surface area contributed by atoms with Crippen molar-refractivity contribution < 1.29 is 14.3 Å². The summed E-state index contributed by atoms with van der Waals surface area (Å²) in [6, 6.07) is 5.95. The van der Waals surface area contributed by atoms with Crippen LogP contribution in [0.3, 0.4) is 0 Å². The highest BCUT2D eigenvalue weighted by atomic mass is 19.1. The van der Waals surface area contributed by atoms with Gasteiger partial charge in [-0.3, -0.25) is 4.79 Å². The zero-order chi connectivity index (χ0) is 11.5. The fourth-order valence-electron chi connectivity index (χ4n) is 1.05. The monoisotopic (exact) mass is 211 g/mol. The van der Waals surface area contributed by atoms with Gasteiger partial charge in [0.1, 0.15) is 11.4 Å². The maximum Gasteiger partial charge on any atom is 0.251 e. The highest BCUT2D eigenvalue weighted by Crippen LogP contribution is 2.05. The molecule has 0 heterocycles. The Morgan fingerprint density at radius 2 is 2.20 bits per heavy atom. The van der Waals surface area contributed by atoms with Crippen molar-refractivity contribution in [2.45, 2.75) is 26.0 Å². The van der Waals surface area contributed by atoms with Gasteiger partial charge in [0.2, 0.25) is 0 Å². The molecule has 0 aliphatic rings. The van der Waals surface area contributed by atoms with Crippen LogP contribution in [0.4, 0.5) is 4.39 Å². The van der Waals surface area contributed by atoms with E-state index in [1.165, 1.54) is 26.0 Å². The normalized spacial score (nSPS) is 11.2. The third kappa shape index (κ3) is 3.67. The molecular weight excluding hydrogens is 197 g/mol. The van der Waals surface area contributed by atoms with E-state index in [1.54, 1.807) is 12.1 Å². The zero-order valence-corrected chi connectivity index (χ0v) is 8.75. The first-order valence-electron chi connectivity index (χ1n) is 4.65. The Bertz CT molecular complexity index is 358. The lowest BCUT2D eigenvalue weighted by Gasteiger charge is -2.16. The quantitative estimate of drug-likeness (QED) is 0.789. The second-order valence-corrected chi connectivity index (χ2v) is 3.87. The summed E-state index contributed by atoms with van der Waals surface area (Å²) in [6.07, 6.45) is 0. The van der Waals surface area contributed by atoms with Gasteiger partial charge in [-0.15, -0.1) is 0 Å². The summed E-state index contributed by atoms with van der Waals surface area (Å²) in [4.78, 5) is 11.3. The molecule has 0 bridgehead atoms. The van der Waals surface area contributed by atoms with E-state index in [-0.39, 0.29) is 12.4 Å². The number of amides is 1. The van der Waals surface area contributed by atoms with Crippen LogP contribution in [0, 0.1) is 5.82 Å². The number of carbonyl (C=O) groups is 1. The highest BCUT2D eigenvalue weighted by molar-refractivity contribution is 5.83. The van der Waals surface area contributed by atoms with Crippen LogP contribution >= 0.6 is 0 Å². The van der Waals surface area contributed by atoms with E-state index in [0.717, 1.165) is 0 Å². The third-order valence-corrected chi connectivity index (χ3v) is 1.90. The minimum absolute atomic E-state index is 0.209. The summed E-state index contributed by atoms with van der Waals surface area (Å²) in [5.74, 6) is -0.822. The summed E-state index contributed by atoms with van der Waals surface area (Å²) in [5, 5.41) is 11.8. The molecule has 1 rings (SSSR count). The molecule has 15 heavy (non-hydrogen) atoms. The number of rotatable bonds is 3. The molecule has 0 aromatic heterocycles. The van der Waals surface area contributed by atoms with Crippen molar-refractivity contribution in [3.05, 3.63) is 35.6 Å². The lowest BCUT2D eigenvalue weighted by atomic mass is 10.1. The van der Waals surface area contributed by atoms with Crippen LogP contribution in [0.15, 0.2) is 24.3 Å². The molecule has 3 nitrogen and oxygen atoms in total. The molecule has 4 heteroatoms. The van der Waals surface area contributed by atoms with E-state index in [0.29, 0.717) is 5.56 Å². The second kappa shape index (κ2) is 4.40. The molecule has 0 fully saturated rings. The van der Waals surface area contributed by atoms with E-state index in [1.807, 2.05) is 0 Å². The van der Waals surface area contributed by atoms with E-state index in [4.69, 9.17) is 0 Å². The molecule has 0 aliphatic heterocycles. The van der Waals surface area contributed by atoms with Gasteiger partial charge in [-0.05, 0) is 31.5 Å². The number of aliphatic hydroxyl groups is 1. The van der Waals surface area contributed by atoms with Crippen LogP contribution in [0.2, 0.25) is 0 Å². The molecule has 0 spiro atoms. The lowest BCUT2D eigenvalue weighted by Crippen LogP contribution is -2.41. The van der Waals surface area contributed by atoms with Crippen LogP contribution in [0.1, 0.15) is 19.4 Å². The van der Waals surface area contributed by atoms with Crippen LogP contribution in [0.5, 0.6) is 0 Å². The van der Waals surface area contributed by atoms with Crippen LogP contribution < -0.4 is 5.32 Å². The summed E-state index contributed by atoms with van der Waals surface area (Å²) in [5.41, 5.74) is -0.750. The SMILES string of the molecule is CC(C)(O)C(=O)NCc1cccc(F)c1. The van der Waals surface area contributed by atoms with Crippen molar-refractivity contribution in [2.24, 2.45) is 0 Å². The summed E-state index contributed by atoms with van der Waals surface area (Å²) in [6.45, 7) is 3.00. The van der Waals surface area contributed by atoms with Gasteiger partial charge < -0.3 is 10.4 Å². The molecule has 0 radical (unpaired) electrons. The number of benzene rings is 1. The molecule has 1 amide bonds. The minimum Gasteiger partial charge on any atom is -0.381 e. The van der Waals surface area contributed by atoms with Crippen molar-refractivity contribution in [2.75, 3.05) is 0 Å². The number of carbonyl (C=O) groups excluding carboxylic acids is 1. The van der Waals surface area contributed by atoms with Crippen LogP contribution in [0.25, 0.3) is 0 Å². The Hall–Kier alpha value is -1.42. The topological polar surface area (TPSA) is 49.3 Å². The molecule has 0 unspecified atom stereocenters. The molecule has 1 aromatic rings. The van der Waals surface area contributed by atoms with E-state index in [2.05, 4.69) is 5.32 Å². The van der Waals surface area contributed by atoms with Crippen molar-refractivity contribution in [3.63, 3.8) is 0 Å². The standard InChI is InChI=1S/C11H14FNO2/c1-11(2,15)10(14)13-7-8-4-3-5-9(12)6-8/h3-6,15H,7H2,1-2H3,(H,13,14). The number of halogens is 1. The second-order valence-electron chi connectivity index (χ2n) is 3.87. The molecule has 0 aliphatic carbocycles. The molecular formula is C11H14FNO2. The predicted octanol–water partition coefficient (Wildman–Crippen LogP) is 1.21. The number of hydrogen-bond acceptors (Lipinski definition) is 2. The van der Waals surface area contributed by atoms with Crippen LogP contribution in [-0.4, -0.2) is 16.6 Å². The average molecular weight is 211 g/mol. The van der Waals surface area contributed by atoms with Gasteiger partial charge in [0, 0.05) is 6.54 Å². The largest absolute Gasteiger partial charge is 0.381 e. The number of nitrogens with one attached hydrogen (secondary N) is 1. The summed E-state index contributed by atoms with van der Waals surface area (Å²) >= 11 is 0. The third-order valence-electron chi connectivity index (χ3n) is 1.90. The maximum absolute atomic E-state index is 12.8. The predicted molar refractivity (Wildman–Crippen MR) is 54.5 cm³/mol. The maximum atomic E-state index is 12.8. The Morgan fingerprint density at radius 1 is 1.53 bits per heavy atom. The van der Waals surface area contributed by atoms with E-state index >= 15 is 0 Å². The van der Waals surface area contributed by atoms with Gasteiger partial charge >= 0.3 is 0 Å². The molecule has 0 saturated carbocycles. The van der Waals surface area contributed by atoms with Crippen molar-refractivity contribution in [1.29, 1.82) is 0 Å². The first kappa shape index (κ1) is 11.7. The lowest BCUT2D eigenvalue weighted by molar-refractivity contribution is -0.136. The van der Waals surface area contributed by atoms with Crippen molar-refractivity contribution in [3.8, 4) is 0 Å². The average Bonchev–Trinajstić information content (AvgIpc) is 2.12. The van der Waals surface area contributed by atoms with Gasteiger partial charge in [-0.1, -0.05) is 12.1 Å².